The fourth-order valence-corrected chi connectivity index (χ4v) is 4.45. The summed E-state index contributed by atoms with van der Waals surface area (Å²) >= 11 is 0. The highest BCUT2D eigenvalue weighted by molar-refractivity contribution is 7.89. The van der Waals surface area contributed by atoms with Gasteiger partial charge in [-0.2, -0.15) is 4.31 Å². The number of morpholine rings is 2. The van der Waals surface area contributed by atoms with Gasteiger partial charge in [0, 0.05) is 32.2 Å². The third kappa shape index (κ3) is 3.92. The normalized spacial score (nSPS) is 24.7. The number of benzene rings is 1. The van der Waals surface area contributed by atoms with Gasteiger partial charge in [-0.05, 0) is 24.6 Å². The summed E-state index contributed by atoms with van der Waals surface area (Å²) in [6.45, 7) is 6.99. The van der Waals surface area contributed by atoms with Crippen molar-refractivity contribution in [1.82, 2.24) is 9.21 Å². The van der Waals surface area contributed by atoms with Crippen LogP contribution in [0.5, 0.6) is 0 Å². The van der Waals surface area contributed by atoms with E-state index in [4.69, 9.17) is 9.47 Å². The van der Waals surface area contributed by atoms with Crippen LogP contribution in [0.2, 0.25) is 0 Å². The number of rotatable bonds is 4. The quantitative estimate of drug-likeness (QED) is 0.816. The van der Waals surface area contributed by atoms with Gasteiger partial charge in [-0.1, -0.05) is 12.1 Å². The minimum absolute atomic E-state index is 0.350. The van der Waals surface area contributed by atoms with Crippen LogP contribution >= 0.6 is 0 Å². The summed E-state index contributed by atoms with van der Waals surface area (Å²) in [5, 5.41) is 0. The van der Waals surface area contributed by atoms with Gasteiger partial charge in [0.1, 0.15) is 0 Å². The third-order valence-electron chi connectivity index (χ3n) is 4.40. The van der Waals surface area contributed by atoms with E-state index >= 15 is 0 Å². The van der Waals surface area contributed by atoms with Gasteiger partial charge in [0.2, 0.25) is 10.0 Å². The Labute approximate surface area is 138 Å². The van der Waals surface area contributed by atoms with Crippen LogP contribution in [0, 0.1) is 0 Å². The molecule has 2 aliphatic rings. The van der Waals surface area contributed by atoms with Crippen LogP contribution in [0.3, 0.4) is 0 Å². The molecule has 2 saturated heterocycles. The monoisotopic (exact) mass is 340 g/mol. The fourth-order valence-electron chi connectivity index (χ4n) is 2.97. The largest absolute Gasteiger partial charge is 0.379 e. The lowest BCUT2D eigenvalue weighted by Crippen LogP contribution is -2.43. The van der Waals surface area contributed by atoms with Crippen molar-refractivity contribution in [2.24, 2.45) is 0 Å². The third-order valence-corrected chi connectivity index (χ3v) is 6.29. The first-order chi connectivity index (χ1) is 11.1. The van der Waals surface area contributed by atoms with Crippen molar-refractivity contribution in [3.05, 3.63) is 29.8 Å². The lowest BCUT2D eigenvalue weighted by Gasteiger charge is -2.33. The molecule has 2 heterocycles. The lowest BCUT2D eigenvalue weighted by molar-refractivity contribution is -0.00439. The summed E-state index contributed by atoms with van der Waals surface area (Å²) in [7, 11) is -3.43. The number of nitrogens with zero attached hydrogens (tertiary/aromatic N) is 2. The molecule has 128 valence electrons. The zero-order valence-electron chi connectivity index (χ0n) is 13.5. The van der Waals surface area contributed by atoms with Crippen molar-refractivity contribution >= 4 is 10.0 Å². The van der Waals surface area contributed by atoms with Crippen molar-refractivity contribution < 1.29 is 17.9 Å². The van der Waals surface area contributed by atoms with E-state index in [1.165, 1.54) is 4.31 Å². The first kappa shape index (κ1) is 16.9. The molecule has 0 spiro atoms. The summed E-state index contributed by atoms with van der Waals surface area (Å²) < 4.78 is 37.7. The van der Waals surface area contributed by atoms with E-state index in [0.29, 0.717) is 37.2 Å². The molecule has 1 aromatic carbocycles. The van der Waals surface area contributed by atoms with E-state index in [2.05, 4.69) is 11.8 Å². The van der Waals surface area contributed by atoms with Gasteiger partial charge in [-0.15, -0.1) is 0 Å². The van der Waals surface area contributed by atoms with Crippen molar-refractivity contribution in [2.75, 3.05) is 46.1 Å². The maximum atomic E-state index is 12.7. The van der Waals surface area contributed by atoms with E-state index < -0.39 is 10.0 Å². The summed E-state index contributed by atoms with van der Waals surface area (Å²) in [5.41, 5.74) is 1.02. The number of ether oxygens (including phenoxy) is 2. The average Bonchev–Trinajstić information content (AvgIpc) is 2.58. The molecule has 1 atom stereocenters. The maximum Gasteiger partial charge on any atom is 0.243 e. The summed E-state index contributed by atoms with van der Waals surface area (Å²) in [6, 6.07) is 7.64. The van der Waals surface area contributed by atoms with Crippen LogP contribution in [0.25, 0.3) is 0 Å². The Balaban J connectivity index is 1.76. The van der Waals surface area contributed by atoms with Crippen molar-refractivity contribution in [1.29, 1.82) is 0 Å². The van der Waals surface area contributed by atoms with E-state index in [0.717, 1.165) is 31.9 Å². The first-order valence-corrected chi connectivity index (χ1v) is 9.50. The second-order valence-electron chi connectivity index (χ2n) is 6.06. The molecule has 0 unspecified atom stereocenters. The Hall–Kier alpha value is -0.990. The van der Waals surface area contributed by atoms with Gasteiger partial charge in [0.15, 0.2) is 0 Å². The highest BCUT2D eigenvalue weighted by Gasteiger charge is 2.27. The number of sulfonamides is 1. The van der Waals surface area contributed by atoms with Crippen LogP contribution in [0.1, 0.15) is 12.5 Å². The molecule has 0 aliphatic carbocycles. The molecule has 0 bridgehead atoms. The molecule has 2 fully saturated rings. The Morgan fingerprint density at radius 1 is 1.13 bits per heavy atom. The maximum absolute atomic E-state index is 12.7. The van der Waals surface area contributed by atoms with Crippen molar-refractivity contribution in [3.63, 3.8) is 0 Å². The standard InChI is InChI=1S/C16H24N2O4S/c1-14-13-22-8-5-17(14)12-15-3-2-4-16(11-15)23(19,20)18-6-9-21-10-7-18/h2-4,11,14H,5-10,12-13H2,1H3/t14-/m1/s1. The molecular formula is C16H24N2O4S. The molecule has 0 amide bonds. The van der Waals surface area contributed by atoms with Crippen LogP contribution in [-0.4, -0.2) is 69.7 Å². The molecule has 0 aromatic heterocycles. The zero-order valence-corrected chi connectivity index (χ0v) is 14.3. The Bertz CT molecular complexity index is 629. The van der Waals surface area contributed by atoms with Gasteiger partial charge in [-0.3, -0.25) is 4.90 Å². The number of hydrogen-bond donors (Lipinski definition) is 0. The predicted octanol–water partition coefficient (Wildman–Crippen LogP) is 0.928. The second kappa shape index (κ2) is 7.27. The van der Waals surface area contributed by atoms with Gasteiger partial charge >= 0.3 is 0 Å². The Kier molecular flexibility index (Phi) is 5.33. The highest BCUT2D eigenvalue weighted by Crippen LogP contribution is 2.20. The SMILES string of the molecule is C[C@@H]1COCCN1Cc1cccc(S(=O)(=O)N2CCOCC2)c1. The molecule has 23 heavy (non-hydrogen) atoms. The molecule has 6 nitrogen and oxygen atoms in total. The van der Waals surface area contributed by atoms with E-state index in [1.807, 2.05) is 12.1 Å². The molecular weight excluding hydrogens is 316 g/mol. The van der Waals surface area contributed by atoms with Crippen molar-refractivity contribution in [2.45, 2.75) is 24.4 Å². The minimum Gasteiger partial charge on any atom is -0.379 e. The van der Waals surface area contributed by atoms with Crippen LogP contribution in [0.4, 0.5) is 0 Å². The molecule has 0 saturated carbocycles. The summed E-state index contributed by atoms with van der Waals surface area (Å²) in [6.07, 6.45) is 0. The summed E-state index contributed by atoms with van der Waals surface area (Å²) in [5.74, 6) is 0. The molecule has 7 heteroatoms. The van der Waals surface area contributed by atoms with Gasteiger partial charge in [0.25, 0.3) is 0 Å². The first-order valence-electron chi connectivity index (χ1n) is 8.06. The van der Waals surface area contributed by atoms with E-state index in [1.54, 1.807) is 12.1 Å². The number of hydrogen-bond acceptors (Lipinski definition) is 5. The average molecular weight is 340 g/mol. The van der Waals surface area contributed by atoms with Crippen LogP contribution < -0.4 is 0 Å². The topological polar surface area (TPSA) is 59.1 Å². The van der Waals surface area contributed by atoms with Gasteiger partial charge < -0.3 is 9.47 Å². The van der Waals surface area contributed by atoms with E-state index in [9.17, 15) is 8.42 Å². The fraction of sp³-hybridized carbons (Fsp3) is 0.625. The Morgan fingerprint density at radius 2 is 1.87 bits per heavy atom. The minimum atomic E-state index is -3.43. The van der Waals surface area contributed by atoms with E-state index in [-0.39, 0.29) is 0 Å². The van der Waals surface area contributed by atoms with Crippen molar-refractivity contribution in [3.8, 4) is 0 Å². The van der Waals surface area contributed by atoms with Gasteiger partial charge in [0.05, 0.1) is 31.3 Å². The smallest absolute Gasteiger partial charge is 0.243 e. The molecule has 0 N–H and O–H groups in total. The molecule has 3 rings (SSSR count). The predicted molar refractivity (Wildman–Crippen MR) is 86.7 cm³/mol. The van der Waals surface area contributed by atoms with Crippen LogP contribution in [0.15, 0.2) is 29.2 Å². The summed E-state index contributed by atoms with van der Waals surface area (Å²) in [4.78, 5) is 2.70. The lowest BCUT2D eigenvalue weighted by atomic mass is 10.1. The van der Waals surface area contributed by atoms with Crippen LogP contribution in [-0.2, 0) is 26.0 Å². The zero-order chi connectivity index (χ0) is 16.3. The van der Waals surface area contributed by atoms with Gasteiger partial charge in [-0.25, -0.2) is 8.42 Å². The Morgan fingerprint density at radius 3 is 2.61 bits per heavy atom. The second-order valence-corrected chi connectivity index (χ2v) is 8.00. The highest BCUT2D eigenvalue weighted by atomic mass is 32.2. The molecule has 2 aliphatic heterocycles. The molecule has 1 aromatic rings. The molecule has 0 radical (unpaired) electrons.